The van der Waals surface area contributed by atoms with Crippen molar-refractivity contribution < 1.29 is 9.90 Å². The van der Waals surface area contributed by atoms with Gasteiger partial charge in [0.15, 0.2) is 0 Å². The van der Waals surface area contributed by atoms with Crippen LogP contribution >= 0.6 is 0 Å². The van der Waals surface area contributed by atoms with Gasteiger partial charge in [-0.15, -0.1) is 0 Å². The molecule has 1 atom stereocenters. The van der Waals surface area contributed by atoms with Gasteiger partial charge in [0.25, 0.3) is 0 Å². The highest BCUT2D eigenvalue weighted by atomic mass is 16.3. The minimum Gasteiger partial charge on any atom is -0.389 e. The van der Waals surface area contributed by atoms with E-state index in [0.29, 0.717) is 6.54 Å². The van der Waals surface area contributed by atoms with Crippen molar-refractivity contribution in [2.24, 2.45) is 0 Å². The van der Waals surface area contributed by atoms with Gasteiger partial charge in [-0.3, -0.25) is 9.48 Å². The van der Waals surface area contributed by atoms with Crippen LogP contribution in [0.4, 0.5) is 0 Å². The molecule has 1 aromatic rings. The monoisotopic (exact) mass is 225 g/mol. The van der Waals surface area contributed by atoms with Gasteiger partial charge < -0.3 is 10.0 Å². The summed E-state index contributed by atoms with van der Waals surface area (Å²) in [6, 6.07) is 1.43. The standard InChI is InChI=1S/C11H19N3O2/c1-9(14-7-5-6-12-14)10(15)13(4)8-11(2,3)16/h5-7,9,16H,8H2,1-4H3. The first-order chi connectivity index (χ1) is 7.31. The number of likely N-dealkylation sites (N-methyl/N-ethyl adjacent to an activating group) is 1. The van der Waals surface area contributed by atoms with Crippen LogP contribution in [0.3, 0.4) is 0 Å². The molecule has 5 nitrogen and oxygen atoms in total. The zero-order valence-corrected chi connectivity index (χ0v) is 10.2. The third-order valence-corrected chi connectivity index (χ3v) is 2.28. The fourth-order valence-electron chi connectivity index (χ4n) is 1.60. The summed E-state index contributed by atoms with van der Waals surface area (Å²) in [5.41, 5.74) is -0.881. The number of carbonyl (C=O) groups is 1. The smallest absolute Gasteiger partial charge is 0.246 e. The first kappa shape index (κ1) is 12.7. The summed E-state index contributed by atoms with van der Waals surface area (Å²) in [5, 5.41) is 13.7. The average molecular weight is 225 g/mol. The molecule has 0 radical (unpaired) electrons. The number of carbonyl (C=O) groups excluding carboxylic acids is 1. The van der Waals surface area contributed by atoms with Gasteiger partial charge in [0, 0.05) is 26.0 Å². The number of nitrogens with zero attached hydrogens (tertiary/aromatic N) is 3. The topological polar surface area (TPSA) is 58.4 Å². The highest BCUT2D eigenvalue weighted by Crippen LogP contribution is 2.10. The molecule has 0 fully saturated rings. The molecule has 1 unspecified atom stereocenters. The van der Waals surface area contributed by atoms with Crippen LogP contribution in [-0.4, -0.2) is 44.9 Å². The summed E-state index contributed by atoms with van der Waals surface area (Å²) >= 11 is 0. The maximum absolute atomic E-state index is 12.0. The molecule has 0 aliphatic carbocycles. The van der Waals surface area contributed by atoms with Gasteiger partial charge in [0.05, 0.1) is 5.60 Å². The molecule has 1 heterocycles. The Hall–Kier alpha value is -1.36. The number of hydrogen-bond acceptors (Lipinski definition) is 3. The van der Waals surface area contributed by atoms with Gasteiger partial charge in [-0.05, 0) is 26.8 Å². The molecule has 0 saturated heterocycles. The molecule has 0 saturated carbocycles. The molecular formula is C11H19N3O2. The molecule has 0 aliphatic rings. The second-order valence-electron chi connectivity index (χ2n) is 4.67. The van der Waals surface area contributed by atoms with Gasteiger partial charge in [0.2, 0.25) is 5.91 Å². The van der Waals surface area contributed by atoms with E-state index in [1.54, 1.807) is 51.0 Å². The molecule has 0 bridgehead atoms. The Kier molecular flexibility index (Phi) is 3.70. The highest BCUT2D eigenvalue weighted by Gasteiger charge is 2.24. The third kappa shape index (κ3) is 3.34. The van der Waals surface area contributed by atoms with Crippen molar-refractivity contribution in [2.75, 3.05) is 13.6 Å². The van der Waals surface area contributed by atoms with E-state index in [-0.39, 0.29) is 11.9 Å². The van der Waals surface area contributed by atoms with Crippen molar-refractivity contribution >= 4 is 5.91 Å². The molecule has 5 heteroatoms. The fourth-order valence-corrected chi connectivity index (χ4v) is 1.60. The average Bonchev–Trinajstić information content (AvgIpc) is 2.65. The van der Waals surface area contributed by atoms with Crippen molar-refractivity contribution in [2.45, 2.75) is 32.4 Å². The van der Waals surface area contributed by atoms with E-state index in [4.69, 9.17) is 0 Å². The second kappa shape index (κ2) is 4.65. The van der Waals surface area contributed by atoms with Crippen LogP contribution in [0.15, 0.2) is 18.5 Å². The largest absolute Gasteiger partial charge is 0.389 e. The lowest BCUT2D eigenvalue weighted by molar-refractivity contribution is -0.135. The molecule has 1 rings (SSSR count). The number of amides is 1. The Morgan fingerprint density at radius 2 is 2.25 bits per heavy atom. The van der Waals surface area contributed by atoms with Crippen molar-refractivity contribution in [3.05, 3.63) is 18.5 Å². The predicted molar refractivity (Wildman–Crippen MR) is 60.9 cm³/mol. The van der Waals surface area contributed by atoms with E-state index in [2.05, 4.69) is 5.10 Å². The van der Waals surface area contributed by atoms with Crippen molar-refractivity contribution in [3.63, 3.8) is 0 Å². The fraction of sp³-hybridized carbons (Fsp3) is 0.636. The minimum absolute atomic E-state index is 0.0641. The first-order valence-corrected chi connectivity index (χ1v) is 5.28. The SMILES string of the molecule is CC(C(=O)N(C)CC(C)(C)O)n1cccn1. The van der Waals surface area contributed by atoms with Crippen LogP contribution in [0.5, 0.6) is 0 Å². The van der Waals surface area contributed by atoms with E-state index in [9.17, 15) is 9.90 Å². The lowest BCUT2D eigenvalue weighted by atomic mass is 10.1. The number of hydrogen-bond donors (Lipinski definition) is 1. The second-order valence-corrected chi connectivity index (χ2v) is 4.67. The summed E-state index contributed by atoms with van der Waals surface area (Å²) in [5.74, 6) is -0.0641. The summed E-state index contributed by atoms with van der Waals surface area (Å²) in [6.45, 7) is 5.44. The first-order valence-electron chi connectivity index (χ1n) is 5.28. The van der Waals surface area contributed by atoms with E-state index in [0.717, 1.165) is 0 Å². The van der Waals surface area contributed by atoms with Crippen LogP contribution in [0.25, 0.3) is 0 Å². The molecule has 1 N–H and O–H groups in total. The summed E-state index contributed by atoms with van der Waals surface area (Å²) in [7, 11) is 1.68. The Morgan fingerprint density at radius 1 is 1.62 bits per heavy atom. The Morgan fingerprint density at radius 3 is 2.69 bits per heavy atom. The van der Waals surface area contributed by atoms with Crippen molar-refractivity contribution in [1.82, 2.24) is 14.7 Å². The Bertz CT molecular complexity index is 341. The normalized spacial score (nSPS) is 13.6. The Balaban J connectivity index is 2.64. The van der Waals surface area contributed by atoms with E-state index >= 15 is 0 Å². The number of aromatic nitrogens is 2. The summed E-state index contributed by atoms with van der Waals surface area (Å²) < 4.78 is 1.60. The van der Waals surface area contributed by atoms with E-state index in [1.165, 1.54) is 4.90 Å². The maximum Gasteiger partial charge on any atom is 0.246 e. The lowest BCUT2D eigenvalue weighted by Crippen LogP contribution is -2.42. The number of rotatable bonds is 4. The molecular weight excluding hydrogens is 206 g/mol. The predicted octanol–water partition coefficient (Wildman–Crippen LogP) is 0.673. The summed E-state index contributed by atoms with van der Waals surface area (Å²) in [4.78, 5) is 13.5. The van der Waals surface area contributed by atoms with Gasteiger partial charge in [-0.2, -0.15) is 5.10 Å². The van der Waals surface area contributed by atoms with Crippen LogP contribution in [0, 0.1) is 0 Å². The highest BCUT2D eigenvalue weighted by molar-refractivity contribution is 5.79. The van der Waals surface area contributed by atoms with Gasteiger partial charge in [0.1, 0.15) is 6.04 Å². The maximum atomic E-state index is 12.0. The van der Waals surface area contributed by atoms with E-state index < -0.39 is 5.60 Å². The van der Waals surface area contributed by atoms with Crippen LogP contribution in [-0.2, 0) is 4.79 Å². The quantitative estimate of drug-likeness (QED) is 0.819. The summed E-state index contributed by atoms with van der Waals surface area (Å²) in [6.07, 6.45) is 3.39. The zero-order chi connectivity index (χ0) is 12.3. The molecule has 90 valence electrons. The molecule has 1 amide bonds. The molecule has 1 aromatic heterocycles. The third-order valence-electron chi connectivity index (χ3n) is 2.28. The molecule has 0 aliphatic heterocycles. The number of aliphatic hydroxyl groups is 1. The molecule has 16 heavy (non-hydrogen) atoms. The van der Waals surface area contributed by atoms with Gasteiger partial charge in [-0.1, -0.05) is 0 Å². The van der Waals surface area contributed by atoms with Crippen LogP contribution < -0.4 is 0 Å². The van der Waals surface area contributed by atoms with Gasteiger partial charge in [-0.25, -0.2) is 0 Å². The van der Waals surface area contributed by atoms with E-state index in [1.807, 2.05) is 0 Å². The zero-order valence-electron chi connectivity index (χ0n) is 10.2. The Labute approximate surface area is 95.7 Å². The van der Waals surface area contributed by atoms with Crippen LogP contribution in [0.1, 0.15) is 26.8 Å². The van der Waals surface area contributed by atoms with Gasteiger partial charge >= 0.3 is 0 Å². The van der Waals surface area contributed by atoms with Crippen molar-refractivity contribution in [1.29, 1.82) is 0 Å². The minimum atomic E-state index is -0.881. The molecule has 0 spiro atoms. The lowest BCUT2D eigenvalue weighted by Gasteiger charge is -2.27. The van der Waals surface area contributed by atoms with Crippen LogP contribution in [0.2, 0.25) is 0 Å². The molecule has 0 aromatic carbocycles. The van der Waals surface area contributed by atoms with Crippen molar-refractivity contribution in [3.8, 4) is 0 Å².